The molecule has 1 heterocycles. The molecule has 10 nitrogen and oxygen atoms in total. The number of phenolic OH excluding ortho intramolecular Hbond substituents is 1. The number of halogens is 1. The number of benzene rings is 1. The van der Waals surface area contributed by atoms with Gasteiger partial charge in [0.2, 0.25) is 5.91 Å². The number of nitrogens with one attached hydrogen (secondary N) is 1. The second-order valence-electron chi connectivity index (χ2n) is 5.27. The summed E-state index contributed by atoms with van der Waals surface area (Å²) in [6.07, 6.45) is 0. The molecule has 2 rings (SSSR count). The van der Waals surface area contributed by atoms with Gasteiger partial charge in [0.05, 0.1) is 27.1 Å². The zero-order valence-corrected chi connectivity index (χ0v) is 15.3. The predicted molar refractivity (Wildman–Crippen MR) is 93.1 cm³/mol. The van der Waals surface area contributed by atoms with Crippen molar-refractivity contribution in [1.82, 2.24) is 9.78 Å². The van der Waals surface area contributed by atoms with Gasteiger partial charge in [-0.3, -0.25) is 4.79 Å². The van der Waals surface area contributed by atoms with Crippen LogP contribution < -0.4 is 5.32 Å². The van der Waals surface area contributed by atoms with E-state index in [-0.39, 0.29) is 32.8 Å². The number of rotatable bonds is 6. The molecule has 0 saturated carbocycles. The van der Waals surface area contributed by atoms with Crippen molar-refractivity contribution in [3.8, 4) is 5.75 Å². The first kappa shape index (κ1) is 19.7. The summed E-state index contributed by atoms with van der Waals surface area (Å²) in [5, 5.41) is 26.5. The highest BCUT2D eigenvalue weighted by Crippen LogP contribution is 2.28. The van der Waals surface area contributed by atoms with Crippen molar-refractivity contribution in [3.05, 3.63) is 39.0 Å². The molecule has 2 aromatic rings. The molecule has 12 heteroatoms. The molecule has 1 amide bonds. The molecule has 1 aromatic heterocycles. The molecule has 0 bridgehead atoms. The Morgan fingerprint density at radius 1 is 1.46 bits per heavy atom. The summed E-state index contributed by atoms with van der Waals surface area (Å²) in [5.74, 6) is -1.71. The Morgan fingerprint density at radius 2 is 2.12 bits per heavy atom. The number of nitro groups is 1. The molecular weight excluding hydrogens is 388 g/mol. The molecule has 140 valence electrons. The zero-order chi connectivity index (χ0) is 19.6. The molecule has 1 aromatic carbocycles. The van der Waals surface area contributed by atoms with Crippen LogP contribution in [0.5, 0.6) is 5.75 Å². The van der Waals surface area contributed by atoms with Crippen LogP contribution in [0.4, 0.5) is 11.5 Å². The first-order valence-corrected chi connectivity index (χ1v) is 9.32. The second kappa shape index (κ2) is 7.30. The topological polar surface area (TPSA) is 144 Å². The molecule has 0 spiro atoms. The van der Waals surface area contributed by atoms with Crippen molar-refractivity contribution in [2.75, 3.05) is 11.1 Å². The van der Waals surface area contributed by atoms with Crippen molar-refractivity contribution < 1.29 is 23.2 Å². The lowest BCUT2D eigenvalue weighted by molar-refractivity contribution is -0.389. The lowest BCUT2D eigenvalue weighted by Gasteiger charge is -2.09. The van der Waals surface area contributed by atoms with Gasteiger partial charge in [0.25, 0.3) is 0 Å². The van der Waals surface area contributed by atoms with Crippen LogP contribution in [0.25, 0.3) is 0 Å². The highest BCUT2D eigenvalue weighted by molar-refractivity contribution is 7.91. The Hall–Kier alpha value is -2.66. The summed E-state index contributed by atoms with van der Waals surface area (Å²) in [6.45, 7) is 2.52. The summed E-state index contributed by atoms with van der Waals surface area (Å²) >= 11 is 5.80. The Morgan fingerprint density at radius 3 is 2.65 bits per heavy atom. The van der Waals surface area contributed by atoms with Gasteiger partial charge in [-0.05, 0) is 30.0 Å². The molecule has 26 heavy (non-hydrogen) atoms. The van der Waals surface area contributed by atoms with Gasteiger partial charge in [0.1, 0.15) is 12.3 Å². The normalized spacial score (nSPS) is 11.3. The van der Waals surface area contributed by atoms with Gasteiger partial charge in [-0.25, -0.2) is 8.42 Å². The molecule has 0 aliphatic rings. The van der Waals surface area contributed by atoms with Crippen LogP contribution in [-0.2, 0) is 21.2 Å². The van der Waals surface area contributed by atoms with E-state index in [2.05, 4.69) is 10.4 Å². The molecule has 0 unspecified atom stereocenters. The minimum absolute atomic E-state index is 0.0537. The first-order valence-electron chi connectivity index (χ1n) is 7.29. The Bertz CT molecular complexity index is 986. The SMILES string of the molecule is CCS(=O)(=O)c1ccc(O)c(NC(=O)Cn2nc([N+](=O)[O-])c(Cl)c2C)c1. The number of hydrogen-bond donors (Lipinski definition) is 2. The lowest BCUT2D eigenvalue weighted by atomic mass is 10.3. The fourth-order valence-corrected chi connectivity index (χ4v) is 3.19. The van der Waals surface area contributed by atoms with E-state index in [1.165, 1.54) is 19.9 Å². The highest BCUT2D eigenvalue weighted by Gasteiger charge is 2.25. The van der Waals surface area contributed by atoms with Gasteiger partial charge < -0.3 is 20.5 Å². The average molecular weight is 403 g/mol. The van der Waals surface area contributed by atoms with Crippen molar-refractivity contribution in [2.24, 2.45) is 0 Å². The second-order valence-corrected chi connectivity index (χ2v) is 7.92. The summed E-state index contributed by atoms with van der Waals surface area (Å²) in [5.41, 5.74) is 0.120. The smallest absolute Gasteiger partial charge is 0.408 e. The van der Waals surface area contributed by atoms with Crippen LogP contribution in [0.2, 0.25) is 5.02 Å². The number of nitrogens with zero attached hydrogens (tertiary/aromatic N) is 3. The van der Waals surface area contributed by atoms with Gasteiger partial charge in [-0.1, -0.05) is 18.5 Å². The molecule has 0 aliphatic heterocycles. The number of anilines is 1. The van der Waals surface area contributed by atoms with Crippen molar-refractivity contribution >= 4 is 38.9 Å². The monoisotopic (exact) mass is 402 g/mol. The third kappa shape index (κ3) is 3.94. The summed E-state index contributed by atoms with van der Waals surface area (Å²) in [6, 6.07) is 3.51. The van der Waals surface area contributed by atoms with Crippen molar-refractivity contribution in [2.45, 2.75) is 25.3 Å². The molecule has 0 atom stereocenters. The number of carbonyl (C=O) groups excluding carboxylic acids is 1. The zero-order valence-electron chi connectivity index (χ0n) is 13.8. The van der Waals surface area contributed by atoms with Crippen LogP contribution in [0.1, 0.15) is 12.6 Å². The maximum Gasteiger partial charge on any atom is 0.408 e. The van der Waals surface area contributed by atoms with E-state index in [0.29, 0.717) is 0 Å². The van der Waals surface area contributed by atoms with Crippen molar-refractivity contribution in [1.29, 1.82) is 0 Å². The van der Waals surface area contributed by atoms with E-state index in [1.807, 2.05) is 0 Å². The number of carbonyl (C=O) groups is 1. The van der Waals surface area contributed by atoms with Gasteiger partial charge in [0, 0.05) is 0 Å². The molecule has 0 radical (unpaired) electrons. The Labute approximate surface area is 153 Å². The largest absolute Gasteiger partial charge is 0.506 e. The number of phenols is 1. The van der Waals surface area contributed by atoms with Crippen LogP contribution in [0.15, 0.2) is 23.1 Å². The van der Waals surface area contributed by atoms with Gasteiger partial charge >= 0.3 is 5.82 Å². The van der Waals surface area contributed by atoms with Crippen LogP contribution in [0.3, 0.4) is 0 Å². The van der Waals surface area contributed by atoms with Gasteiger partial charge in [-0.15, -0.1) is 0 Å². The fourth-order valence-electron chi connectivity index (χ4n) is 2.08. The summed E-state index contributed by atoms with van der Waals surface area (Å²) < 4.78 is 24.8. The molecule has 0 saturated heterocycles. The summed E-state index contributed by atoms with van der Waals surface area (Å²) in [4.78, 5) is 22.2. The maximum absolute atomic E-state index is 12.2. The van der Waals surface area contributed by atoms with Crippen LogP contribution in [0, 0.1) is 17.0 Å². The van der Waals surface area contributed by atoms with Gasteiger partial charge in [0.15, 0.2) is 14.9 Å². The van der Waals surface area contributed by atoms with E-state index in [0.717, 1.165) is 16.8 Å². The Balaban J connectivity index is 2.25. The molecule has 0 aliphatic carbocycles. The predicted octanol–water partition coefficient (Wildman–Crippen LogP) is 1.89. The van der Waals surface area contributed by atoms with Crippen LogP contribution in [-0.4, -0.2) is 39.9 Å². The van der Waals surface area contributed by atoms with Crippen molar-refractivity contribution in [3.63, 3.8) is 0 Å². The average Bonchev–Trinajstić information content (AvgIpc) is 2.85. The minimum atomic E-state index is -3.52. The quantitative estimate of drug-likeness (QED) is 0.426. The van der Waals surface area contributed by atoms with E-state index < -0.39 is 33.0 Å². The lowest BCUT2D eigenvalue weighted by Crippen LogP contribution is -2.20. The number of amides is 1. The first-order chi connectivity index (χ1) is 12.1. The third-order valence-corrected chi connectivity index (χ3v) is 5.74. The number of aromatic hydroxyl groups is 1. The van der Waals surface area contributed by atoms with E-state index in [9.17, 15) is 28.4 Å². The van der Waals surface area contributed by atoms with Crippen LogP contribution >= 0.6 is 11.6 Å². The molecule has 2 N–H and O–H groups in total. The molecule has 0 fully saturated rings. The Kier molecular flexibility index (Phi) is 5.52. The van der Waals surface area contributed by atoms with E-state index in [1.54, 1.807) is 0 Å². The maximum atomic E-state index is 12.2. The standard InChI is InChI=1S/C14H15ClN4O6S/c1-3-26(24,25)9-4-5-11(20)10(6-9)16-12(21)7-18-8(2)13(15)14(17-18)19(22)23/h4-6,20H,3,7H2,1-2H3,(H,16,21). The number of sulfone groups is 1. The third-order valence-electron chi connectivity index (χ3n) is 3.56. The van der Waals surface area contributed by atoms with E-state index in [4.69, 9.17) is 11.6 Å². The highest BCUT2D eigenvalue weighted by atomic mass is 35.5. The number of aromatic nitrogens is 2. The summed E-state index contributed by atoms with van der Waals surface area (Å²) in [7, 11) is -3.52. The van der Waals surface area contributed by atoms with Gasteiger partial charge in [-0.2, -0.15) is 4.68 Å². The number of hydrogen-bond acceptors (Lipinski definition) is 7. The molecular formula is C14H15ClN4O6S. The minimum Gasteiger partial charge on any atom is -0.506 e. The fraction of sp³-hybridized carbons (Fsp3) is 0.286. The van der Waals surface area contributed by atoms with E-state index >= 15 is 0 Å².